The first-order chi connectivity index (χ1) is 13.8. The van der Waals surface area contributed by atoms with Crippen LogP contribution in [0.5, 0.6) is 5.75 Å². The zero-order valence-electron chi connectivity index (χ0n) is 18.2. The van der Waals surface area contributed by atoms with Gasteiger partial charge in [-0.3, -0.25) is 4.79 Å². The van der Waals surface area contributed by atoms with Crippen LogP contribution in [0.1, 0.15) is 64.9 Å². The van der Waals surface area contributed by atoms with Crippen LogP contribution < -0.4 is 4.74 Å². The molecule has 1 aliphatic heterocycles. The van der Waals surface area contributed by atoms with Crippen LogP contribution in [0.15, 0.2) is 35.2 Å². The molecule has 1 aromatic rings. The molecule has 5 rings (SSSR count). The molecule has 4 aliphatic rings. The van der Waals surface area contributed by atoms with Crippen LogP contribution in [0.2, 0.25) is 0 Å². The number of hydrogen-bond acceptors (Lipinski definition) is 3. The first-order valence-corrected chi connectivity index (χ1v) is 12.3. The maximum absolute atomic E-state index is 12.1. The molecule has 0 N–H and O–H groups in total. The second-order valence-corrected chi connectivity index (χ2v) is 11.9. The standard InChI is InChI=1S/C26H34O2S/c1-16-5-7-18(8-6-16)28-19-14-21-24-17(2)13-22-26(4,12-10-23(27)29-22)20(24)9-11-25(21,3)15-19/h5-8,13,17,19-21,24H,9-12,14-15H2,1-4H3/t17?,19?,20-,21+,24-,25-,26-/m1/s1. The highest BCUT2D eigenvalue weighted by Crippen LogP contribution is 2.67. The molecule has 1 saturated heterocycles. The summed E-state index contributed by atoms with van der Waals surface area (Å²) in [4.78, 5) is 13.5. The average molecular weight is 411 g/mol. The molecule has 0 bridgehead atoms. The van der Waals surface area contributed by atoms with Gasteiger partial charge in [-0.05, 0) is 85.2 Å². The van der Waals surface area contributed by atoms with Gasteiger partial charge in [-0.2, -0.15) is 0 Å². The third-order valence-electron chi connectivity index (χ3n) is 8.86. The minimum Gasteiger partial charge on any atom is -0.490 e. The fraction of sp³-hybridized carbons (Fsp3) is 0.654. The molecule has 2 nitrogen and oxygen atoms in total. The molecule has 0 aromatic heterocycles. The topological polar surface area (TPSA) is 26.3 Å². The molecule has 0 amide bonds. The molecule has 3 aliphatic carbocycles. The van der Waals surface area contributed by atoms with Crippen LogP contribution in [-0.2, 0) is 4.79 Å². The van der Waals surface area contributed by atoms with Crippen molar-refractivity contribution in [2.24, 2.45) is 34.5 Å². The van der Waals surface area contributed by atoms with Crippen LogP contribution in [0.25, 0.3) is 0 Å². The van der Waals surface area contributed by atoms with E-state index >= 15 is 0 Å². The minimum absolute atomic E-state index is 0.215. The lowest BCUT2D eigenvalue weighted by atomic mass is 9.49. The molecular weight excluding hydrogens is 376 g/mol. The van der Waals surface area contributed by atoms with E-state index in [4.69, 9.17) is 4.74 Å². The van der Waals surface area contributed by atoms with E-state index in [-0.39, 0.29) is 5.41 Å². The number of carbonyl (C=O) groups excluding carboxylic acids is 1. The summed E-state index contributed by atoms with van der Waals surface area (Å²) in [5.41, 5.74) is 1.89. The lowest BCUT2D eigenvalue weighted by Crippen LogP contribution is -2.50. The van der Waals surface area contributed by atoms with Crippen molar-refractivity contribution in [1.82, 2.24) is 0 Å². The molecule has 3 heteroatoms. The molecule has 156 valence electrons. The van der Waals surface area contributed by atoms with Crippen molar-refractivity contribution >= 4 is 16.9 Å². The number of ether oxygens (including phenoxy) is 1. The Balaban J connectivity index is 1.41. The van der Waals surface area contributed by atoms with E-state index in [9.17, 15) is 4.79 Å². The van der Waals surface area contributed by atoms with E-state index in [1.807, 2.05) is 0 Å². The average Bonchev–Trinajstić information content (AvgIpc) is 3.01. The highest BCUT2D eigenvalue weighted by molar-refractivity contribution is 8.17. The molecule has 2 unspecified atom stereocenters. The molecule has 1 aromatic carbocycles. The van der Waals surface area contributed by atoms with Gasteiger partial charge in [-0.25, -0.2) is 0 Å². The molecule has 2 saturated carbocycles. The number of fused-ring (bicyclic) bond motifs is 5. The Morgan fingerprint density at radius 2 is 1.86 bits per heavy atom. The lowest BCUT2D eigenvalue weighted by Gasteiger charge is -2.57. The minimum atomic E-state index is 0.215. The number of aryl methyl sites for hydroxylation is 1. The molecule has 3 fully saturated rings. The molecular formula is C26H34O2S. The Morgan fingerprint density at radius 3 is 2.62 bits per heavy atom. The Kier molecular flexibility index (Phi) is 4.70. The van der Waals surface area contributed by atoms with Crippen molar-refractivity contribution in [2.45, 2.75) is 72.3 Å². The van der Waals surface area contributed by atoms with E-state index in [0.29, 0.717) is 28.5 Å². The second-order valence-electron chi connectivity index (χ2n) is 10.8. The second kappa shape index (κ2) is 6.90. The highest BCUT2D eigenvalue weighted by Gasteiger charge is 2.59. The van der Waals surface area contributed by atoms with Gasteiger partial charge in [0.15, 0.2) is 5.12 Å². The van der Waals surface area contributed by atoms with Crippen molar-refractivity contribution in [3.05, 3.63) is 40.8 Å². The van der Waals surface area contributed by atoms with Crippen LogP contribution in [0.4, 0.5) is 0 Å². The van der Waals surface area contributed by atoms with Crippen molar-refractivity contribution in [3.63, 3.8) is 0 Å². The van der Waals surface area contributed by atoms with E-state index < -0.39 is 0 Å². The van der Waals surface area contributed by atoms with Gasteiger partial charge in [0.2, 0.25) is 0 Å². The molecule has 0 spiro atoms. The maximum Gasteiger partial charge on any atom is 0.193 e. The summed E-state index contributed by atoms with van der Waals surface area (Å²) < 4.78 is 6.48. The number of hydrogen-bond donors (Lipinski definition) is 0. The van der Waals surface area contributed by atoms with Crippen LogP contribution in [-0.4, -0.2) is 11.2 Å². The number of carbonyl (C=O) groups is 1. The zero-order chi connectivity index (χ0) is 20.4. The Bertz CT molecular complexity index is 843. The Hall–Kier alpha value is -1.22. The number of benzene rings is 1. The smallest absolute Gasteiger partial charge is 0.193 e. The molecule has 7 atom stereocenters. The van der Waals surface area contributed by atoms with Gasteiger partial charge in [0.1, 0.15) is 5.75 Å². The van der Waals surface area contributed by atoms with E-state index in [1.165, 1.54) is 36.2 Å². The quantitative estimate of drug-likeness (QED) is 0.537. The fourth-order valence-corrected chi connectivity index (χ4v) is 8.50. The van der Waals surface area contributed by atoms with Gasteiger partial charge in [0.25, 0.3) is 0 Å². The van der Waals surface area contributed by atoms with Gasteiger partial charge in [0.05, 0.1) is 6.10 Å². The zero-order valence-corrected chi connectivity index (χ0v) is 19.1. The molecule has 1 heterocycles. The third kappa shape index (κ3) is 3.19. The molecule has 29 heavy (non-hydrogen) atoms. The Labute approximate surface area is 179 Å². The lowest BCUT2D eigenvalue weighted by molar-refractivity contribution is -0.112. The highest BCUT2D eigenvalue weighted by atomic mass is 32.2. The summed E-state index contributed by atoms with van der Waals surface area (Å²) in [5, 5.41) is 0.368. The largest absolute Gasteiger partial charge is 0.490 e. The predicted octanol–water partition coefficient (Wildman–Crippen LogP) is 6.78. The van der Waals surface area contributed by atoms with Crippen molar-refractivity contribution in [3.8, 4) is 5.75 Å². The SMILES string of the molecule is Cc1ccc(OC2C[C@H]3[C@@H]4C(C)C=C5SC(=O)CC[C@]5(C)[C@@H]4CC[C@]3(C)C2)cc1. The van der Waals surface area contributed by atoms with Gasteiger partial charge >= 0.3 is 0 Å². The van der Waals surface area contributed by atoms with Gasteiger partial charge in [-0.1, -0.05) is 56.3 Å². The third-order valence-corrected chi connectivity index (χ3v) is 10.1. The summed E-state index contributed by atoms with van der Waals surface area (Å²) in [7, 11) is 0. The van der Waals surface area contributed by atoms with Crippen molar-refractivity contribution < 1.29 is 9.53 Å². The van der Waals surface area contributed by atoms with Crippen LogP contribution in [0, 0.1) is 41.4 Å². The predicted molar refractivity (Wildman–Crippen MR) is 120 cm³/mol. The normalized spacial score (nSPS) is 43.8. The summed E-state index contributed by atoms with van der Waals surface area (Å²) in [6.45, 7) is 9.52. The fourth-order valence-electron chi connectivity index (χ4n) is 7.28. The van der Waals surface area contributed by atoms with Crippen molar-refractivity contribution in [2.75, 3.05) is 0 Å². The summed E-state index contributed by atoms with van der Waals surface area (Å²) in [6.07, 6.45) is 9.58. The summed E-state index contributed by atoms with van der Waals surface area (Å²) >= 11 is 1.55. The van der Waals surface area contributed by atoms with Crippen LogP contribution in [0.3, 0.4) is 0 Å². The van der Waals surface area contributed by atoms with Crippen LogP contribution >= 0.6 is 11.8 Å². The molecule has 0 radical (unpaired) electrons. The monoisotopic (exact) mass is 410 g/mol. The van der Waals surface area contributed by atoms with Gasteiger partial charge < -0.3 is 4.74 Å². The summed E-state index contributed by atoms with van der Waals surface area (Å²) in [6, 6.07) is 8.54. The number of rotatable bonds is 2. The first-order valence-electron chi connectivity index (χ1n) is 11.4. The Morgan fingerprint density at radius 1 is 1.10 bits per heavy atom. The van der Waals surface area contributed by atoms with Crippen molar-refractivity contribution in [1.29, 1.82) is 0 Å². The number of thioether (sulfide) groups is 1. The van der Waals surface area contributed by atoms with Gasteiger partial charge in [-0.15, -0.1) is 0 Å². The first kappa shape index (κ1) is 19.7. The van der Waals surface area contributed by atoms with E-state index in [2.05, 4.69) is 58.0 Å². The van der Waals surface area contributed by atoms with E-state index in [0.717, 1.165) is 30.4 Å². The number of allylic oxidation sites excluding steroid dienone is 2. The van der Waals surface area contributed by atoms with E-state index in [1.54, 1.807) is 11.8 Å². The van der Waals surface area contributed by atoms with Gasteiger partial charge in [0, 0.05) is 11.8 Å². The summed E-state index contributed by atoms with van der Waals surface area (Å²) in [5.74, 6) is 3.75. The maximum atomic E-state index is 12.1.